The van der Waals surface area contributed by atoms with Gasteiger partial charge < -0.3 is 15.4 Å². The van der Waals surface area contributed by atoms with Gasteiger partial charge in [-0.15, -0.1) is 0 Å². The van der Waals surface area contributed by atoms with Gasteiger partial charge in [0.2, 0.25) is 5.91 Å². The summed E-state index contributed by atoms with van der Waals surface area (Å²) >= 11 is 0. The van der Waals surface area contributed by atoms with Crippen LogP contribution in [0.1, 0.15) is 39.5 Å². The van der Waals surface area contributed by atoms with Crippen LogP contribution in [0.5, 0.6) is 0 Å². The van der Waals surface area contributed by atoms with Crippen molar-refractivity contribution in [1.29, 1.82) is 0 Å². The number of ether oxygens (including phenoxy) is 1. The SMILES string of the molecule is CC(C)C1(C(=O)NCCC2CCCO2)CCNC1. The summed E-state index contributed by atoms with van der Waals surface area (Å²) in [4.78, 5) is 12.4. The van der Waals surface area contributed by atoms with Gasteiger partial charge in [-0.05, 0) is 38.1 Å². The molecule has 0 spiro atoms. The Bertz CT molecular complexity index is 280. The van der Waals surface area contributed by atoms with Crippen LogP contribution in [-0.4, -0.2) is 38.3 Å². The summed E-state index contributed by atoms with van der Waals surface area (Å²) in [5, 5.41) is 6.44. The molecule has 104 valence electrons. The van der Waals surface area contributed by atoms with Crippen molar-refractivity contribution in [1.82, 2.24) is 10.6 Å². The van der Waals surface area contributed by atoms with Crippen molar-refractivity contribution in [2.24, 2.45) is 11.3 Å². The maximum atomic E-state index is 12.4. The second-order valence-corrected chi connectivity index (χ2v) is 5.92. The molecule has 2 N–H and O–H groups in total. The molecule has 2 unspecified atom stereocenters. The van der Waals surface area contributed by atoms with Gasteiger partial charge in [-0.1, -0.05) is 13.8 Å². The molecule has 4 heteroatoms. The number of amides is 1. The van der Waals surface area contributed by atoms with Crippen molar-refractivity contribution >= 4 is 5.91 Å². The zero-order chi connectivity index (χ0) is 13.0. The molecule has 0 aromatic carbocycles. The molecule has 1 amide bonds. The Morgan fingerprint density at radius 3 is 2.94 bits per heavy atom. The smallest absolute Gasteiger partial charge is 0.227 e. The minimum absolute atomic E-state index is 0.198. The number of nitrogens with one attached hydrogen (secondary N) is 2. The van der Waals surface area contributed by atoms with Crippen LogP contribution < -0.4 is 10.6 Å². The van der Waals surface area contributed by atoms with E-state index >= 15 is 0 Å². The van der Waals surface area contributed by atoms with Crippen molar-refractivity contribution in [3.63, 3.8) is 0 Å². The topological polar surface area (TPSA) is 50.4 Å². The molecular weight excluding hydrogens is 228 g/mol. The van der Waals surface area contributed by atoms with Gasteiger partial charge in [-0.2, -0.15) is 0 Å². The highest BCUT2D eigenvalue weighted by molar-refractivity contribution is 5.83. The van der Waals surface area contributed by atoms with Crippen LogP contribution in [0.25, 0.3) is 0 Å². The Balaban J connectivity index is 1.78. The second kappa shape index (κ2) is 6.02. The predicted molar refractivity (Wildman–Crippen MR) is 71.4 cm³/mol. The van der Waals surface area contributed by atoms with Gasteiger partial charge in [0.25, 0.3) is 0 Å². The van der Waals surface area contributed by atoms with Gasteiger partial charge >= 0.3 is 0 Å². The summed E-state index contributed by atoms with van der Waals surface area (Å²) in [7, 11) is 0. The van der Waals surface area contributed by atoms with E-state index in [1.54, 1.807) is 0 Å². The first-order valence-electron chi connectivity index (χ1n) is 7.26. The van der Waals surface area contributed by atoms with Crippen LogP contribution >= 0.6 is 0 Å². The van der Waals surface area contributed by atoms with E-state index in [9.17, 15) is 4.79 Å². The van der Waals surface area contributed by atoms with Crippen LogP contribution in [0.4, 0.5) is 0 Å². The molecule has 2 heterocycles. The highest BCUT2D eigenvalue weighted by atomic mass is 16.5. The second-order valence-electron chi connectivity index (χ2n) is 5.92. The number of carbonyl (C=O) groups is 1. The lowest BCUT2D eigenvalue weighted by Gasteiger charge is -2.31. The number of hydrogen-bond acceptors (Lipinski definition) is 3. The maximum Gasteiger partial charge on any atom is 0.227 e. The third kappa shape index (κ3) is 2.86. The molecule has 2 atom stereocenters. The number of carbonyl (C=O) groups excluding carboxylic acids is 1. The highest BCUT2D eigenvalue weighted by Crippen LogP contribution is 2.34. The molecule has 2 aliphatic heterocycles. The molecule has 2 rings (SSSR count). The molecule has 2 saturated heterocycles. The third-order valence-electron chi connectivity index (χ3n) is 4.52. The van der Waals surface area contributed by atoms with Gasteiger partial charge in [-0.3, -0.25) is 4.79 Å². The molecule has 0 aromatic rings. The van der Waals surface area contributed by atoms with Gasteiger partial charge in [0.1, 0.15) is 0 Å². The van der Waals surface area contributed by atoms with E-state index in [-0.39, 0.29) is 11.3 Å². The van der Waals surface area contributed by atoms with Crippen LogP contribution in [0.15, 0.2) is 0 Å². The largest absolute Gasteiger partial charge is 0.378 e. The maximum absolute atomic E-state index is 12.4. The molecule has 2 fully saturated rings. The molecule has 4 nitrogen and oxygen atoms in total. The van der Waals surface area contributed by atoms with Crippen molar-refractivity contribution in [2.75, 3.05) is 26.2 Å². The van der Waals surface area contributed by atoms with Gasteiger partial charge in [0.05, 0.1) is 11.5 Å². The quantitative estimate of drug-likeness (QED) is 0.777. The Morgan fingerprint density at radius 2 is 2.39 bits per heavy atom. The fourth-order valence-corrected chi connectivity index (χ4v) is 3.05. The Hall–Kier alpha value is -0.610. The van der Waals surface area contributed by atoms with E-state index < -0.39 is 0 Å². The van der Waals surface area contributed by atoms with Crippen LogP contribution in [0.2, 0.25) is 0 Å². The molecular formula is C14H26N2O2. The predicted octanol–water partition coefficient (Wildman–Crippen LogP) is 1.31. The monoisotopic (exact) mass is 254 g/mol. The van der Waals surface area contributed by atoms with Gasteiger partial charge in [-0.25, -0.2) is 0 Å². The van der Waals surface area contributed by atoms with Crippen molar-refractivity contribution in [2.45, 2.75) is 45.6 Å². The zero-order valence-corrected chi connectivity index (χ0v) is 11.6. The lowest BCUT2D eigenvalue weighted by atomic mass is 9.75. The summed E-state index contributed by atoms with van der Waals surface area (Å²) in [6, 6.07) is 0. The van der Waals surface area contributed by atoms with E-state index in [0.29, 0.717) is 12.0 Å². The third-order valence-corrected chi connectivity index (χ3v) is 4.52. The van der Waals surface area contributed by atoms with Crippen molar-refractivity contribution in [3.8, 4) is 0 Å². The van der Waals surface area contributed by atoms with Crippen LogP contribution in [0.3, 0.4) is 0 Å². The lowest BCUT2D eigenvalue weighted by molar-refractivity contribution is -0.132. The van der Waals surface area contributed by atoms with E-state index in [4.69, 9.17) is 4.74 Å². The zero-order valence-electron chi connectivity index (χ0n) is 11.6. The summed E-state index contributed by atoms with van der Waals surface area (Å²) < 4.78 is 5.57. The van der Waals surface area contributed by atoms with Gasteiger partial charge in [0, 0.05) is 19.7 Å². The lowest BCUT2D eigenvalue weighted by Crippen LogP contribution is -2.46. The first-order chi connectivity index (χ1) is 8.65. The number of hydrogen-bond donors (Lipinski definition) is 2. The van der Waals surface area contributed by atoms with Crippen molar-refractivity contribution < 1.29 is 9.53 Å². The average Bonchev–Trinajstić information content (AvgIpc) is 3.00. The highest BCUT2D eigenvalue weighted by Gasteiger charge is 2.43. The molecule has 0 aliphatic carbocycles. The first kappa shape index (κ1) is 13.8. The Morgan fingerprint density at radius 1 is 1.56 bits per heavy atom. The Kier molecular flexibility index (Phi) is 4.62. The molecule has 18 heavy (non-hydrogen) atoms. The van der Waals surface area contributed by atoms with Crippen molar-refractivity contribution in [3.05, 3.63) is 0 Å². The van der Waals surface area contributed by atoms with E-state index in [0.717, 1.165) is 45.5 Å². The van der Waals surface area contributed by atoms with Crippen LogP contribution in [-0.2, 0) is 9.53 Å². The normalized spacial score (nSPS) is 32.1. The summed E-state index contributed by atoms with van der Waals surface area (Å²) in [6.45, 7) is 7.70. The minimum atomic E-state index is -0.198. The number of rotatable bonds is 5. The molecule has 0 saturated carbocycles. The first-order valence-corrected chi connectivity index (χ1v) is 7.26. The molecule has 2 aliphatic rings. The minimum Gasteiger partial charge on any atom is -0.378 e. The van der Waals surface area contributed by atoms with E-state index in [1.807, 2.05) is 0 Å². The van der Waals surface area contributed by atoms with Crippen LogP contribution in [0, 0.1) is 11.3 Å². The molecule has 0 aromatic heterocycles. The standard InChI is InChI=1S/C14H26N2O2/c1-11(2)14(6-8-15-10-14)13(17)16-7-5-12-4-3-9-18-12/h11-12,15H,3-10H2,1-2H3,(H,16,17). The van der Waals surface area contributed by atoms with E-state index in [2.05, 4.69) is 24.5 Å². The Labute approximate surface area is 110 Å². The summed E-state index contributed by atoms with van der Waals surface area (Å²) in [5.74, 6) is 0.607. The summed E-state index contributed by atoms with van der Waals surface area (Å²) in [6.07, 6.45) is 4.58. The summed E-state index contributed by atoms with van der Waals surface area (Å²) in [5.41, 5.74) is -0.198. The van der Waals surface area contributed by atoms with Gasteiger partial charge in [0.15, 0.2) is 0 Å². The fraction of sp³-hybridized carbons (Fsp3) is 0.929. The molecule has 0 bridgehead atoms. The average molecular weight is 254 g/mol. The molecule has 0 radical (unpaired) electrons. The van der Waals surface area contributed by atoms with E-state index in [1.165, 1.54) is 6.42 Å². The fourth-order valence-electron chi connectivity index (χ4n) is 3.05.